The Balaban J connectivity index is 1.20. The molecule has 1 aromatic heterocycles. The topological polar surface area (TPSA) is 67.5 Å². The van der Waals surface area contributed by atoms with Crippen molar-refractivity contribution < 1.29 is 14.3 Å². The quantitative estimate of drug-likeness (QED) is 0.682. The summed E-state index contributed by atoms with van der Waals surface area (Å²) in [6.45, 7) is 2.56. The fourth-order valence-electron chi connectivity index (χ4n) is 4.53. The first kappa shape index (κ1) is 19.7. The molecular formula is C25H27N3O3. The van der Waals surface area contributed by atoms with Crippen LogP contribution in [0.3, 0.4) is 0 Å². The second kappa shape index (κ2) is 8.84. The molecule has 0 saturated carbocycles. The maximum absolute atomic E-state index is 13.0. The number of benzene rings is 2. The molecule has 0 aliphatic carbocycles. The van der Waals surface area contributed by atoms with Gasteiger partial charge in [0.25, 0.3) is 5.91 Å². The molecule has 0 radical (unpaired) electrons. The minimum Gasteiger partial charge on any atom is -0.486 e. The number of rotatable bonds is 5. The Morgan fingerprint density at radius 3 is 2.58 bits per heavy atom. The van der Waals surface area contributed by atoms with Gasteiger partial charge in [-0.1, -0.05) is 30.3 Å². The Kier molecular flexibility index (Phi) is 5.61. The Bertz CT molecular complexity index is 1040. The lowest BCUT2D eigenvalue weighted by Crippen LogP contribution is -2.38. The fourth-order valence-corrected chi connectivity index (χ4v) is 4.53. The molecule has 2 aromatic carbocycles. The number of nitrogens with one attached hydrogen (secondary N) is 1. The largest absolute Gasteiger partial charge is 0.486 e. The number of nitrogens with zero attached hydrogens (tertiary/aromatic N) is 2. The highest BCUT2D eigenvalue weighted by Crippen LogP contribution is 2.33. The van der Waals surface area contributed by atoms with Crippen LogP contribution in [0.2, 0.25) is 0 Å². The molecule has 2 aliphatic rings. The molecule has 1 N–H and O–H groups in total. The molecule has 160 valence electrons. The highest BCUT2D eigenvalue weighted by atomic mass is 16.6. The summed E-state index contributed by atoms with van der Waals surface area (Å²) in [7, 11) is 0. The van der Waals surface area contributed by atoms with Crippen LogP contribution in [-0.2, 0) is 12.8 Å². The lowest BCUT2D eigenvalue weighted by atomic mass is 9.89. The van der Waals surface area contributed by atoms with Crippen molar-refractivity contribution in [2.45, 2.75) is 31.6 Å². The van der Waals surface area contributed by atoms with Gasteiger partial charge in [0.1, 0.15) is 13.2 Å². The van der Waals surface area contributed by atoms with Crippen molar-refractivity contribution in [2.75, 3.05) is 26.3 Å². The number of aromatic nitrogens is 2. The summed E-state index contributed by atoms with van der Waals surface area (Å²) in [4.78, 5) is 15.0. The summed E-state index contributed by atoms with van der Waals surface area (Å²) in [5, 5.41) is 7.56. The second-order valence-electron chi connectivity index (χ2n) is 8.22. The van der Waals surface area contributed by atoms with E-state index >= 15 is 0 Å². The highest BCUT2D eigenvalue weighted by Gasteiger charge is 2.27. The van der Waals surface area contributed by atoms with Gasteiger partial charge in [0.2, 0.25) is 0 Å². The lowest BCUT2D eigenvalue weighted by molar-refractivity contribution is 0.0711. The fraction of sp³-hybridized carbons (Fsp3) is 0.360. The van der Waals surface area contributed by atoms with Crippen LogP contribution in [0.15, 0.2) is 54.7 Å². The summed E-state index contributed by atoms with van der Waals surface area (Å²) >= 11 is 0. The molecule has 0 bridgehead atoms. The van der Waals surface area contributed by atoms with Crippen molar-refractivity contribution in [2.24, 2.45) is 0 Å². The summed E-state index contributed by atoms with van der Waals surface area (Å²) < 4.78 is 11.2. The van der Waals surface area contributed by atoms with Gasteiger partial charge in [-0.2, -0.15) is 5.10 Å². The van der Waals surface area contributed by atoms with Gasteiger partial charge in [-0.15, -0.1) is 0 Å². The van der Waals surface area contributed by atoms with Gasteiger partial charge in [-0.05, 0) is 55.0 Å². The molecule has 6 nitrogen and oxygen atoms in total. The van der Waals surface area contributed by atoms with Gasteiger partial charge in [-0.3, -0.25) is 9.89 Å². The number of likely N-dealkylation sites (tertiary alicyclic amines) is 1. The molecule has 2 aliphatic heterocycles. The number of amides is 1. The van der Waals surface area contributed by atoms with Crippen LogP contribution in [-0.4, -0.2) is 47.3 Å². The van der Waals surface area contributed by atoms with Crippen LogP contribution in [0.25, 0.3) is 0 Å². The minimum atomic E-state index is 0.0596. The first-order valence-electron chi connectivity index (χ1n) is 11.0. The number of aryl methyl sites for hydroxylation is 2. The number of H-pyrrole nitrogens is 1. The van der Waals surface area contributed by atoms with Crippen LogP contribution in [0, 0.1) is 0 Å². The summed E-state index contributed by atoms with van der Waals surface area (Å²) in [5.74, 6) is 1.85. The maximum atomic E-state index is 13.0. The molecule has 3 heterocycles. The van der Waals surface area contributed by atoms with Crippen LogP contribution in [0.4, 0.5) is 0 Å². The SMILES string of the molecule is O=C(c1ccc2c(c1)OCCO2)N1CCC(c2[nH]ncc2CCc2ccccc2)CC1. The first-order valence-corrected chi connectivity index (χ1v) is 11.0. The second-order valence-corrected chi connectivity index (χ2v) is 8.22. The molecule has 5 rings (SSSR count). The molecule has 3 aromatic rings. The average Bonchev–Trinajstić information content (AvgIpc) is 3.31. The van der Waals surface area contributed by atoms with E-state index < -0.39 is 0 Å². The minimum absolute atomic E-state index is 0.0596. The van der Waals surface area contributed by atoms with Crippen molar-refractivity contribution in [1.29, 1.82) is 0 Å². The van der Waals surface area contributed by atoms with E-state index in [1.807, 2.05) is 29.3 Å². The lowest BCUT2D eigenvalue weighted by Gasteiger charge is -2.32. The predicted molar refractivity (Wildman–Crippen MR) is 118 cm³/mol. The molecule has 31 heavy (non-hydrogen) atoms. The Morgan fingerprint density at radius 1 is 1.00 bits per heavy atom. The number of hydrogen-bond acceptors (Lipinski definition) is 4. The zero-order valence-corrected chi connectivity index (χ0v) is 17.5. The molecule has 6 heteroatoms. The van der Waals surface area contributed by atoms with Crippen molar-refractivity contribution in [1.82, 2.24) is 15.1 Å². The zero-order valence-electron chi connectivity index (χ0n) is 17.5. The van der Waals surface area contributed by atoms with Crippen molar-refractivity contribution in [3.63, 3.8) is 0 Å². The third-order valence-corrected chi connectivity index (χ3v) is 6.26. The number of hydrogen-bond donors (Lipinski definition) is 1. The molecule has 0 spiro atoms. The van der Waals surface area contributed by atoms with E-state index in [0.717, 1.165) is 38.8 Å². The standard InChI is InChI=1S/C25H27N3O3/c29-25(20-8-9-22-23(16-20)31-15-14-30-22)28-12-10-19(11-13-28)24-21(17-26-27-24)7-6-18-4-2-1-3-5-18/h1-5,8-9,16-17,19H,6-7,10-15H2,(H,26,27). The number of carbonyl (C=O) groups excluding carboxylic acids is 1. The summed E-state index contributed by atoms with van der Waals surface area (Å²) in [5.41, 5.74) is 4.53. The molecule has 1 amide bonds. The van der Waals surface area contributed by atoms with Crippen molar-refractivity contribution >= 4 is 5.91 Å². The molecule has 0 atom stereocenters. The van der Waals surface area contributed by atoms with E-state index in [-0.39, 0.29) is 5.91 Å². The van der Waals surface area contributed by atoms with Gasteiger partial charge < -0.3 is 14.4 Å². The van der Waals surface area contributed by atoms with E-state index in [1.165, 1.54) is 16.8 Å². The molecular weight excluding hydrogens is 390 g/mol. The number of fused-ring (bicyclic) bond motifs is 1. The van der Waals surface area contributed by atoms with Crippen LogP contribution >= 0.6 is 0 Å². The Labute approximate surface area is 182 Å². The van der Waals surface area contributed by atoms with Gasteiger partial charge in [0.15, 0.2) is 11.5 Å². The first-order chi connectivity index (χ1) is 15.3. The van der Waals surface area contributed by atoms with Crippen molar-refractivity contribution in [3.8, 4) is 11.5 Å². The Hall–Kier alpha value is -3.28. The van der Waals surface area contributed by atoms with Crippen LogP contribution in [0.5, 0.6) is 11.5 Å². The smallest absolute Gasteiger partial charge is 0.253 e. The molecule has 1 fully saturated rings. The van der Waals surface area contributed by atoms with Crippen LogP contribution < -0.4 is 9.47 Å². The van der Waals surface area contributed by atoms with Gasteiger partial charge in [0.05, 0.1) is 6.20 Å². The van der Waals surface area contributed by atoms with E-state index in [2.05, 4.69) is 34.5 Å². The highest BCUT2D eigenvalue weighted by molar-refractivity contribution is 5.95. The maximum Gasteiger partial charge on any atom is 0.253 e. The third kappa shape index (κ3) is 4.29. The predicted octanol–water partition coefficient (Wildman–Crippen LogP) is 3.99. The average molecular weight is 418 g/mol. The van der Waals surface area contributed by atoms with Crippen molar-refractivity contribution in [3.05, 3.63) is 77.1 Å². The number of carbonyl (C=O) groups is 1. The molecule has 1 saturated heterocycles. The van der Waals surface area contributed by atoms with Gasteiger partial charge in [-0.25, -0.2) is 0 Å². The van der Waals surface area contributed by atoms with E-state index in [9.17, 15) is 4.79 Å². The normalized spacial score (nSPS) is 16.3. The zero-order chi connectivity index (χ0) is 21.0. The summed E-state index contributed by atoms with van der Waals surface area (Å²) in [6, 6.07) is 16.0. The molecule has 0 unspecified atom stereocenters. The van der Waals surface area contributed by atoms with E-state index in [1.54, 1.807) is 6.07 Å². The van der Waals surface area contributed by atoms with Gasteiger partial charge in [0, 0.05) is 30.3 Å². The number of aromatic amines is 1. The third-order valence-electron chi connectivity index (χ3n) is 6.26. The number of ether oxygens (including phenoxy) is 2. The Morgan fingerprint density at radius 2 is 1.77 bits per heavy atom. The summed E-state index contributed by atoms with van der Waals surface area (Å²) in [6.07, 6.45) is 5.83. The monoisotopic (exact) mass is 417 g/mol. The van der Waals surface area contributed by atoms with E-state index in [4.69, 9.17) is 9.47 Å². The number of piperidine rings is 1. The van der Waals surface area contributed by atoms with Gasteiger partial charge >= 0.3 is 0 Å². The van der Waals surface area contributed by atoms with E-state index in [0.29, 0.717) is 36.2 Å². The van der Waals surface area contributed by atoms with Crippen LogP contribution in [0.1, 0.15) is 45.9 Å².